The van der Waals surface area contributed by atoms with Crippen LogP contribution in [0.25, 0.3) is 0 Å². The van der Waals surface area contributed by atoms with E-state index in [4.69, 9.17) is 28.4 Å². The Hall–Kier alpha value is -2.31. The number of aliphatic hydroxyl groups excluding tert-OH is 7. The number of hydrogen-bond acceptors (Lipinski definition) is 14. The highest BCUT2D eigenvalue weighted by Crippen LogP contribution is 2.27. The Morgan fingerprint density at radius 2 is 0.805 bits per heavy atom. The van der Waals surface area contributed by atoms with E-state index in [-0.39, 0.29) is 25.6 Å². The van der Waals surface area contributed by atoms with Gasteiger partial charge in [0.1, 0.15) is 54.9 Å². The molecule has 2 aliphatic rings. The lowest BCUT2D eigenvalue weighted by Gasteiger charge is -2.42. The molecule has 11 atom stereocenters. The van der Waals surface area contributed by atoms with Gasteiger partial charge in [0.05, 0.1) is 26.4 Å². The number of unbranched alkanes of at least 4 members (excludes halogenated alkanes) is 26. The van der Waals surface area contributed by atoms with E-state index >= 15 is 0 Å². The van der Waals surface area contributed by atoms with Crippen LogP contribution < -0.4 is 0 Å². The maximum Gasteiger partial charge on any atom is 0.306 e. The molecule has 0 aliphatic carbocycles. The fraction of sp³-hybridized carbons (Fsp3) is 0.825. The van der Waals surface area contributed by atoms with Crippen molar-refractivity contribution in [1.29, 1.82) is 0 Å². The zero-order valence-electron chi connectivity index (χ0n) is 48.2. The first-order valence-corrected chi connectivity index (χ1v) is 30.9. The highest BCUT2D eigenvalue weighted by Gasteiger charge is 2.47. The zero-order valence-corrected chi connectivity index (χ0v) is 48.2. The van der Waals surface area contributed by atoms with Gasteiger partial charge in [-0.1, -0.05) is 203 Å². The second kappa shape index (κ2) is 49.5. The molecule has 0 spiro atoms. The van der Waals surface area contributed by atoms with E-state index in [1.165, 1.54) is 135 Å². The van der Waals surface area contributed by atoms with E-state index in [1.807, 2.05) is 0 Å². The normalized spacial score (nSPS) is 24.7. The van der Waals surface area contributed by atoms with Gasteiger partial charge in [0.15, 0.2) is 12.6 Å². The molecule has 0 amide bonds. The van der Waals surface area contributed by atoms with Crippen molar-refractivity contribution in [2.24, 2.45) is 0 Å². The molecule has 2 fully saturated rings. The smallest absolute Gasteiger partial charge is 0.306 e. The molecule has 2 aliphatic heterocycles. The van der Waals surface area contributed by atoms with E-state index in [0.29, 0.717) is 13.0 Å². The topological polar surface area (TPSA) is 214 Å². The summed E-state index contributed by atoms with van der Waals surface area (Å²) in [5, 5.41) is 72.4. The maximum absolute atomic E-state index is 13.1. The van der Waals surface area contributed by atoms with Crippen molar-refractivity contribution in [3.8, 4) is 0 Å². The molecule has 14 nitrogen and oxygen atoms in total. The van der Waals surface area contributed by atoms with Gasteiger partial charge in [0.25, 0.3) is 0 Å². The number of allylic oxidation sites excluding steroid dienone is 10. The zero-order chi connectivity index (χ0) is 55.8. The molecule has 0 aromatic heterocycles. The van der Waals surface area contributed by atoms with Gasteiger partial charge in [-0.2, -0.15) is 0 Å². The molecule has 14 heteroatoms. The average molecular weight is 1090 g/mol. The number of aliphatic hydroxyl groups is 7. The number of rotatable bonds is 50. The summed E-state index contributed by atoms with van der Waals surface area (Å²) in [5.74, 6) is -0.384. The fourth-order valence-electron chi connectivity index (χ4n) is 9.50. The van der Waals surface area contributed by atoms with Gasteiger partial charge in [-0.15, -0.1) is 0 Å². The second-order valence-corrected chi connectivity index (χ2v) is 21.5. The van der Waals surface area contributed by atoms with Crippen molar-refractivity contribution in [3.63, 3.8) is 0 Å². The Labute approximate surface area is 466 Å². The minimum atomic E-state index is -1.71. The lowest BCUT2D eigenvalue weighted by Crippen LogP contribution is -2.61. The molecular weight excluding hydrogens is 981 g/mol. The summed E-state index contributed by atoms with van der Waals surface area (Å²) >= 11 is 0. The van der Waals surface area contributed by atoms with Gasteiger partial charge >= 0.3 is 5.97 Å². The van der Waals surface area contributed by atoms with Crippen LogP contribution >= 0.6 is 0 Å². The molecule has 77 heavy (non-hydrogen) atoms. The molecule has 448 valence electrons. The van der Waals surface area contributed by atoms with Crippen LogP contribution in [0.1, 0.15) is 232 Å². The third-order valence-electron chi connectivity index (χ3n) is 14.5. The van der Waals surface area contributed by atoms with Crippen LogP contribution in [0.3, 0.4) is 0 Å². The molecule has 2 saturated heterocycles. The lowest BCUT2D eigenvalue weighted by atomic mass is 9.98. The van der Waals surface area contributed by atoms with Gasteiger partial charge in [-0.25, -0.2) is 0 Å². The summed E-state index contributed by atoms with van der Waals surface area (Å²) in [6.45, 7) is 3.66. The molecule has 0 aromatic carbocycles. The summed E-state index contributed by atoms with van der Waals surface area (Å²) in [7, 11) is 0. The summed E-state index contributed by atoms with van der Waals surface area (Å²) < 4.78 is 34.4. The molecule has 0 aromatic rings. The highest BCUT2D eigenvalue weighted by molar-refractivity contribution is 5.69. The first-order valence-electron chi connectivity index (χ1n) is 30.9. The van der Waals surface area contributed by atoms with Gasteiger partial charge in [0.2, 0.25) is 0 Å². The van der Waals surface area contributed by atoms with E-state index in [0.717, 1.165) is 70.6 Å². The van der Waals surface area contributed by atoms with Crippen LogP contribution in [0.2, 0.25) is 0 Å². The second-order valence-electron chi connectivity index (χ2n) is 21.5. The van der Waals surface area contributed by atoms with Crippen LogP contribution in [0.5, 0.6) is 0 Å². The van der Waals surface area contributed by atoms with E-state index in [9.17, 15) is 40.5 Å². The Balaban J connectivity index is 1.71. The number of hydrogen-bond donors (Lipinski definition) is 7. The number of esters is 1. The lowest BCUT2D eigenvalue weighted by molar-refractivity contribution is -0.332. The average Bonchev–Trinajstić information content (AvgIpc) is 3.43. The molecule has 2 rings (SSSR count). The van der Waals surface area contributed by atoms with Crippen molar-refractivity contribution in [2.45, 2.75) is 300 Å². The van der Waals surface area contributed by atoms with E-state index in [2.05, 4.69) is 74.6 Å². The largest absolute Gasteiger partial charge is 0.457 e. The summed E-state index contributed by atoms with van der Waals surface area (Å²) in [6, 6.07) is 0. The molecular formula is C63H112O14. The Morgan fingerprint density at radius 3 is 1.26 bits per heavy atom. The number of carbonyl (C=O) groups excluding carboxylic acids is 1. The molecule has 0 bridgehead atoms. The van der Waals surface area contributed by atoms with E-state index in [1.54, 1.807) is 0 Å². The third-order valence-corrected chi connectivity index (χ3v) is 14.5. The third kappa shape index (κ3) is 35.9. The van der Waals surface area contributed by atoms with Crippen LogP contribution in [-0.2, 0) is 33.2 Å². The van der Waals surface area contributed by atoms with Crippen molar-refractivity contribution in [3.05, 3.63) is 60.8 Å². The van der Waals surface area contributed by atoms with Crippen molar-refractivity contribution in [1.82, 2.24) is 0 Å². The standard InChI is InChI=1S/C63H112O14/c1-3-5-7-9-11-13-15-17-19-21-23-25-27-29-31-33-35-37-39-41-43-45-47-72-49-52(50-73-62-61(71)59(69)57(67)54(77-62)51-74-63-60(70)58(68)56(66)53(48-64)76-63)75-55(65)46-44-42-40-38-36-34-32-30-28-26-24-22-20-18-16-14-12-10-8-6-4-2/h15-18,21-24,27,29,52-54,56-64,66-71H,3-14,19-20,25-26,28,30-51H2,1-2H3/b17-15-,18-16-,23-21-,24-22-,29-27-. The van der Waals surface area contributed by atoms with Gasteiger partial charge in [-0.3, -0.25) is 4.79 Å². The van der Waals surface area contributed by atoms with Gasteiger partial charge in [-0.05, 0) is 83.5 Å². The summed E-state index contributed by atoms with van der Waals surface area (Å²) in [5.41, 5.74) is 0. The summed E-state index contributed by atoms with van der Waals surface area (Å²) in [4.78, 5) is 13.1. The SMILES string of the molecule is CCCCCCC/C=C\C/C=C\C/C=C\CCCCCCCCCOCC(COC1OC(COC2OC(CO)C(O)C(O)C2O)C(O)C(O)C1O)OC(=O)CCCCCCCCCCC/C=C\C/C=C\CCCCCCC. The quantitative estimate of drug-likeness (QED) is 0.0172. The van der Waals surface area contributed by atoms with Crippen molar-refractivity contribution in [2.75, 3.05) is 33.0 Å². The highest BCUT2D eigenvalue weighted by atomic mass is 16.7. The molecule has 2 heterocycles. The fourth-order valence-corrected chi connectivity index (χ4v) is 9.50. The minimum Gasteiger partial charge on any atom is -0.457 e. The number of carbonyl (C=O) groups is 1. The Kier molecular flexibility index (Phi) is 45.5. The molecule has 0 radical (unpaired) electrons. The Morgan fingerprint density at radius 1 is 0.429 bits per heavy atom. The van der Waals surface area contributed by atoms with Crippen LogP contribution in [-0.4, -0.2) is 142 Å². The maximum atomic E-state index is 13.1. The monoisotopic (exact) mass is 1090 g/mol. The van der Waals surface area contributed by atoms with Crippen molar-refractivity contribution < 1.29 is 69.0 Å². The first kappa shape index (κ1) is 70.8. The van der Waals surface area contributed by atoms with Gasteiger partial charge < -0.3 is 64.2 Å². The Bertz CT molecular complexity index is 1500. The van der Waals surface area contributed by atoms with Gasteiger partial charge in [0, 0.05) is 13.0 Å². The molecule has 7 N–H and O–H groups in total. The van der Waals surface area contributed by atoms with Crippen LogP contribution in [0, 0.1) is 0 Å². The minimum absolute atomic E-state index is 0.0515. The molecule has 0 saturated carbocycles. The molecule has 11 unspecified atom stereocenters. The van der Waals surface area contributed by atoms with Crippen molar-refractivity contribution >= 4 is 5.97 Å². The van der Waals surface area contributed by atoms with E-state index < -0.39 is 80.7 Å². The summed E-state index contributed by atoms with van der Waals surface area (Å²) in [6.07, 6.45) is 45.6. The predicted octanol–water partition coefficient (Wildman–Crippen LogP) is 11.6. The first-order chi connectivity index (χ1) is 37.6. The number of ether oxygens (including phenoxy) is 6. The van der Waals surface area contributed by atoms with Crippen LogP contribution in [0.4, 0.5) is 0 Å². The van der Waals surface area contributed by atoms with Crippen LogP contribution in [0.15, 0.2) is 60.8 Å². The predicted molar refractivity (Wildman–Crippen MR) is 307 cm³/mol.